The average molecular weight is 477 g/mol. The first-order valence-corrected chi connectivity index (χ1v) is 13.5. The van der Waals surface area contributed by atoms with Crippen molar-refractivity contribution in [2.24, 2.45) is 5.41 Å². The van der Waals surface area contributed by atoms with Crippen molar-refractivity contribution in [3.05, 3.63) is 29.3 Å². The van der Waals surface area contributed by atoms with Gasteiger partial charge in [0.2, 0.25) is 5.37 Å². The Kier molecular flexibility index (Phi) is 6.80. The number of hydrogen-bond acceptors (Lipinski definition) is 6. The third kappa shape index (κ3) is 4.96. The highest BCUT2D eigenvalue weighted by Gasteiger charge is 2.47. The van der Waals surface area contributed by atoms with Gasteiger partial charge in [-0.25, -0.2) is 4.79 Å². The van der Waals surface area contributed by atoms with E-state index < -0.39 is 35.1 Å². The van der Waals surface area contributed by atoms with Crippen molar-refractivity contribution in [2.45, 2.75) is 52.0 Å². The van der Waals surface area contributed by atoms with E-state index in [0.717, 1.165) is 5.56 Å². The summed E-state index contributed by atoms with van der Waals surface area (Å²) in [5.41, 5.74) is 0.841. The number of carboxylic acid groups (broad SMARTS) is 1. The molecule has 2 aliphatic rings. The lowest BCUT2D eigenvalue weighted by atomic mass is 9.97. The lowest BCUT2D eigenvalue weighted by molar-refractivity contribution is 0.0500. The average Bonchev–Trinajstić information content (AvgIpc) is 2.97. The molecule has 2 aliphatic heterocycles. The SMILES string of the molecule is CCN([S+]([O-])C(NC(=O)O)c1cccc2c1OC(C)(C)C2)P1(=S)OCC(C)(C)CO1. The topological polar surface area (TPSA) is 103 Å². The zero-order valence-corrected chi connectivity index (χ0v) is 20.4. The molecule has 0 saturated carbocycles. The Morgan fingerprint density at radius 3 is 2.57 bits per heavy atom. The van der Waals surface area contributed by atoms with Gasteiger partial charge in [0.15, 0.2) is 0 Å². The number of hydrogen-bond donors (Lipinski definition) is 2. The summed E-state index contributed by atoms with van der Waals surface area (Å²) < 4.78 is 33.1. The minimum Gasteiger partial charge on any atom is -0.596 e. The highest BCUT2D eigenvalue weighted by Crippen LogP contribution is 2.59. The van der Waals surface area contributed by atoms with Crippen LogP contribution in [0.2, 0.25) is 0 Å². The third-order valence-corrected chi connectivity index (χ3v) is 10.7. The van der Waals surface area contributed by atoms with Gasteiger partial charge in [-0.3, -0.25) is 5.32 Å². The molecule has 8 nitrogen and oxygen atoms in total. The van der Waals surface area contributed by atoms with Gasteiger partial charge >= 0.3 is 12.7 Å². The molecule has 2 heterocycles. The minimum atomic E-state index is -3.03. The van der Waals surface area contributed by atoms with Gasteiger partial charge in [0.1, 0.15) is 11.4 Å². The number of amides is 1. The molecule has 0 bridgehead atoms. The van der Waals surface area contributed by atoms with E-state index in [1.54, 1.807) is 13.0 Å². The Morgan fingerprint density at radius 2 is 2.00 bits per heavy atom. The maximum Gasteiger partial charge on any atom is 0.408 e. The van der Waals surface area contributed by atoms with Crippen LogP contribution >= 0.6 is 6.64 Å². The molecule has 3 rings (SSSR count). The molecule has 2 atom stereocenters. The quantitative estimate of drug-likeness (QED) is 0.470. The number of ether oxygens (including phenoxy) is 1. The number of para-hydroxylation sites is 1. The van der Waals surface area contributed by atoms with Crippen LogP contribution in [-0.4, -0.2) is 45.2 Å². The molecule has 1 aromatic carbocycles. The van der Waals surface area contributed by atoms with Gasteiger partial charge < -0.3 is 23.4 Å². The van der Waals surface area contributed by atoms with Gasteiger partial charge in [0.05, 0.1) is 36.7 Å². The molecular weight excluding hydrogens is 447 g/mol. The number of fused-ring (bicyclic) bond motifs is 1. The normalized spacial score (nSPS) is 23.3. The predicted molar refractivity (Wildman–Crippen MR) is 119 cm³/mol. The first kappa shape index (κ1) is 23.8. The molecule has 2 unspecified atom stereocenters. The van der Waals surface area contributed by atoms with Gasteiger partial charge in [-0.15, -0.1) is 0 Å². The van der Waals surface area contributed by atoms with Crippen LogP contribution in [0.3, 0.4) is 0 Å². The molecule has 0 radical (unpaired) electrons. The van der Waals surface area contributed by atoms with Crippen LogP contribution in [0.15, 0.2) is 18.2 Å². The van der Waals surface area contributed by atoms with Crippen LogP contribution in [0.25, 0.3) is 0 Å². The van der Waals surface area contributed by atoms with E-state index in [9.17, 15) is 14.5 Å². The van der Waals surface area contributed by atoms with E-state index in [2.05, 4.69) is 5.32 Å². The van der Waals surface area contributed by atoms with Gasteiger partial charge in [0, 0.05) is 11.8 Å². The summed E-state index contributed by atoms with van der Waals surface area (Å²) in [5, 5.41) is 10.8. The molecular formula is C19H29N2O6PS2. The molecule has 11 heteroatoms. The monoisotopic (exact) mass is 476 g/mol. The molecule has 0 aliphatic carbocycles. The zero-order valence-electron chi connectivity index (χ0n) is 17.8. The second-order valence-electron chi connectivity index (χ2n) is 8.83. The minimum absolute atomic E-state index is 0.193. The lowest BCUT2D eigenvalue weighted by Gasteiger charge is -2.41. The Balaban J connectivity index is 1.96. The number of nitrogens with zero attached hydrogens (tertiary/aromatic N) is 1. The first-order valence-electron chi connectivity index (χ1n) is 9.75. The second kappa shape index (κ2) is 8.58. The molecule has 2 N–H and O–H groups in total. The zero-order chi connectivity index (χ0) is 22.3. The number of benzene rings is 1. The summed E-state index contributed by atoms with van der Waals surface area (Å²) in [5.74, 6) is 0.564. The molecule has 0 spiro atoms. The predicted octanol–water partition coefficient (Wildman–Crippen LogP) is 3.95. The standard InChI is InChI=1S/C19H29N2O6PS2/c1-6-21(28(29)25-11-18(2,3)12-26-28)30(24)16(20-17(22)23)14-9-7-8-13-10-19(4,5)27-15(13)14/h7-9,16,20H,6,10-12H2,1-5H3,(H,22,23). The Bertz CT molecular complexity index is 851. The van der Waals surface area contributed by atoms with Crippen molar-refractivity contribution in [1.82, 2.24) is 9.39 Å². The van der Waals surface area contributed by atoms with Crippen LogP contribution in [0.4, 0.5) is 4.79 Å². The van der Waals surface area contributed by atoms with E-state index in [-0.39, 0.29) is 12.0 Å². The fourth-order valence-corrected chi connectivity index (χ4v) is 8.85. The Labute approximate surface area is 185 Å². The summed E-state index contributed by atoms with van der Waals surface area (Å²) >= 11 is 3.78. The third-order valence-electron chi connectivity index (χ3n) is 4.85. The molecule has 168 valence electrons. The lowest BCUT2D eigenvalue weighted by Crippen LogP contribution is -2.43. The van der Waals surface area contributed by atoms with Gasteiger partial charge in [-0.2, -0.15) is 0 Å². The Morgan fingerprint density at radius 1 is 1.37 bits per heavy atom. The molecule has 1 amide bonds. The highest BCUT2D eigenvalue weighted by molar-refractivity contribution is 8.13. The van der Waals surface area contributed by atoms with Gasteiger partial charge in [0.25, 0.3) is 0 Å². The first-order chi connectivity index (χ1) is 13.9. The van der Waals surface area contributed by atoms with Crippen LogP contribution < -0.4 is 10.1 Å². The van der Waals surface area contributed by atoms with Crippen LogP contribution in [-0.2, 0) is 38.6 Å². The van der Waals surface area contributed by atoms with E-state index in [1.807, 2.05) is 39.8 Å². The fraction of sp³-hybridized carbons (Fsp3) is 0.632. The Hall–Kier alpha value is -0.870. The smallest absolute Gasteiger partial charge is 0.408 e. The maximum absolute atomic E-state index is 13.7. The van der Waals surface area contributed by atoms with Gasteiger partial charge in [-0.1, -0.05) is 26.0 Å². The van der Waals surface area contributed by atoms with Gasteiger partial charge in [-0.05, 0) is 48.3 Å². The van der Waals surface area contributed by atoms with Crippen molar-refractivity contribution >= 4 is 35.9 Å². The van der Waals surface area contributed by atoms with Crippen molar-refractivity contribution in [2.75, 3.05) is 19.8 Å². The van der Waals surface area contributed by atoms with Crippen molar-refractivity contribution in [3.63, 3.8) is 0 Å². The molecule has 0 aromatic heterocycles. The molecule has 1 saturated heterocycles. The largest absolute Gasteiger partial charge is 0.596 e. The van der Waals surface area contributed by atoms with Crippen molar-refractivity contribution in [1.29, 1.82) is 0 Å². The number of rotatable bonds is 6. The summed E-state index contributed by atoms with van der Waals surface area (Å²) in [6.07, 6.45) is -0.609. The summed E-state index contributed by atoms with van der Waals surface area (Å²) in [4.78, 5) is 11.6. The second-order valence-corrected chi connectivity index (χ2v) is 13.9. The van der Waals surface area contributed by atoms with Crippen LogP contribution in [0, 0.1) is 5.41 Å². The van der Waals surface area contributed by atoms with E-state index in [0.29, 0.717) is 30.9 Å². The molecule has 1 aromatic rings. The summed E-state index contributed by atoms with van der Waals surface area (Å²) in [6, 6.07) is 5.48. The van der Waals surface area contributed by atoms with E-state index >= 15 is 0 Å². The molecule has 1 fully saturated rings. The van der Waals surface area contributed by atoms with Crippen LogP contribution in [0.5, 0.6) is 5.75 Å². The number of nitrogens with one attached hydrogen (secondary N) is 1. The fourth-order valence-electron chi connectivity index (χ4n) is 3.44. The highest BCUT2D eigenvalue weighted by atomic mass is 32.5. The van der Waals surface area contributed by atoms with Crippen LogP contribution in [0.1, 0.15) is 51.1 Å². The summed E-state index contributed by atoms with van der Waals surface area (Å²) in [7, 11) is 0. The maximum atomic E-state index is 13.7. The van der Waals surface area contributed by atoms with Crippen molar-refractivity contribution in [3.8, 4) is 5.75 Å². The summed E-state index contributed by atoms with van der Waals surface area (Å²) in [6.45, 7) is 7.73. The number of carbonyl (C=O) groups is 1. The molecule has 30 heavy (non-hydrogen) atoms. The van der Waals surface area contributed by atoms with Crippen molar-refractivity contribution < 1.29 is 28.2 Å². The van der Waals surface area contributed by atoms with E-state index in [1.165, 1.54) is 4.08 Å². The van der Waals surface area contributed by atoms with E-state index in [4.69, 9.17) is 25.6 Å².